The third kappa shape index (κ3) is 4.16. The van der Waals surface area contributed by atoms with Crippen molar-refractivity contribution in [2.45, 2.75) is 32.4 Å². The van der Waals surface area contributed by atoms with E-state index in [9.17, 15) is 4.79 Å². The molecule has 0 saturated carbocycles. The number of aryl methyl sites for hydroxylation is 1. The second kappa shape index (κ2) is 7.59. The highest BCUT2D eigenvalue weighted by atomic mass is 16.5. The Morgan fingerprint density at radius 1 is 1.38 bits per heavy atom. The second-order valence-corrected chi connectivity index (χ2v) is 4.78. The zero-order valence-electron chi connectivity index (χ0n) is 12.3. The van der Waals surface area contributed by atoms with Gasteiger partial charge in [-0.15, -0.1) is 0 Å². The van der Waals surface area contributed by atoms with Gasteiger partial charge in [-0.25, -0.2) is 0 Å². The summed E-state index contributed by atoms with van der Waals surface area (Å²) >= 11 is 0. The first kappa shape index (κ1) is 15.3. The van der Waals surface area contributed by atoms with Gasteiger partial charge in [-0.2, -0.15) is 0 Å². The molecule has 1 aromatic carbocycles. The van der Waals surface area contributed by atoms with Crippen LogP contribution >= 0.6 is 0 Å². The SMILES string of the molecule is CCCc1cc(CNC(=O)[C@@H](OC)c2ccccc2)on1. The highest BCUT2D eigenvalue weighted by molar-refractivity contribution is 5.82. The number of amides is 1. The Labute approximate surface area is 124 Å². The minimum absolute atomic E-state index is 0.197. The van der Waals surface area contributed by atoms with Crippen LogP contribution in [0.5, 0.6) is 0 Å². The molecule has 0 spiro atoms. The maximum atomic E-state index is 12.2. The van der Waals surface area contributed by atoms with Gasteiger partial charge in [0, 0.05) is 13.2 Å². The summed E-state index contributed by atoms with van der Waals surface area (Å²) in [6, 6.07) is 11.2. The molecule has 0 aliphatic rings. The van der Waals surface area contributed by atoms with E-state index in [1.807, 2.05) is 36.4 Å². The van der Waals surface area contributed by atoms with Crippen LogP contribution in [0.3, 0.4) is 0 Å². The van der Waals surface area contributed by atoms with E-state index >= 15 is 0 Å². The summed E-state index contributed by atoms with van der Waals surface area (Å²) in [5.74, 6) is 0.451. The molecule has 1 heterocycles. The van der Waals surface area contributed by atoms with Gasteiger partial charge < -0.3 is 14.6 Å². The average Bonchev–Trinajstić information content (AvgIpc) is 2.95. The third-order valence-electron chi connectivity index (χ3n) is 3.13. The van der Waals surface area contributed by atoms with Crippen LogP contribution in [-0.4, -0.2) is 18.2 Å². The number of carbonyl (C=O) groups is 1. The van der Waals surface area contributed by atoms with E-state index in [4.69, 9.17) is 9.26 Å². The maximum Gasteiger partial charge on any atom is 0.254 e. The molecule has 112 valence electrons. The Hall–Kier alpha value is -2.14. The number of methoxy groups -OCH3 is 1. The standard InChI is InChI=1S/C16H20N2O3/c1-3-7-13-10-14(21-18-13)11-17-16(19)15(20-2)12-8-5-4-6-9-12/h4-6,8-10,15H,3,7,11H2,1-2H3,(H,17,19)/t15-/m0/s1. The fourth-order valence-electron chi connectivity index (χ4n) is 2.10. The zero-order valence-corrected chi connectivity index (χ0v) is 12.3. The fourth-order valence-corrected chi connectivity index (χ4v) is 2.10. The summed E-state index contributed by atoms with van der Waals surface area (Å²) in [4.78, 5) is 12.2. The van der Waals surface area contributed by atoms with E-state index < -0.39 is 6.10 Å². The molecule has 0 fully saturated rings. The Balaban J connectivity index is 1.93. The molecule has 0 radical (unpaired) electrons. The lowest BCUT2D eigenvalue weighted by molar-refractivity contribution is -0.131. The summed E-state index contributed by atoms with van der Waals surface area (Å²) < 4.78 is 10.5. The van der Waals surface area contributed by atoms with Crippen LogP contribution in [0.4, 0.5) is 0 Å². The van der Waals surface area contributed by atoms with Gasteiger partial charge in [-0.3, -0.25) is 4.79 Å². The van der Waals surface area contributed by atoms with Gasteiger partial charge in [-0.1, -0.05) is 48.8 Å². The Morgan fingerprint density at radius 2 is 2.14 bits per heavy atom. The lowest BCUT2D eigenvalue weighted by Gasteiger charge is -2.14. The summed E-state index contributed by atoms with van der Waals surface area (Å²) in [5, 5.41) is 6.76. The van der Waals surface area contributed by atoms with Crippen LogP contribution in [0, 0.1) is 0 Å². The lowest BCUT2D eigenvalue weighted by atomic mass is 10.1. The molecule has 0 aliphatic heterocycles. The van der Waals surface area contributed by atoms with Crippen molar-refractivity contribution < 1.29 is 14.1 Å². The fraction of sp³-hybridized carbons (Fsp3) is 0.375. The van der Waals surface area contributed by atoms with E-state index in [-0.39, 0.29) is 5.91 Å². The summed E-state index contributed by atoms with van der Waals surface area (Å²) in [6.07, 6.45) is 1.27. The van der Waals surface area contributed by atoms with Crippen molar-refractivity contribution in [3.8, 4) is 0 Å². The second-order valence-electron chi connectivity index (χ2n) is 4.78. The van der Waals surface area contributed by atoms with Gasteiger partial charge in [-0.05, 0) is 12.0 Å². The largest absolute Gasteiger partial charge is 0.367 e. The molecule has 5 nitrogen and oxygen atoms in total. The van der Waals surface area contributed by atoms with E-state index in [1.54, 1.807) is 0 Å². The van der Waals surface area contributed by atoms with Crippen molar-refractivity contribution in [3.63, 3.8) is 0 Å². The van der Waals surface area contributed by atoms with Gasteiger partial charge in [0.05, 0.1) is 12.2 Å². The van der Waals surface area contributed by atoms with Crippen LogP contribution in [0.15, 0.2) is 40.9 Å². The molecule has 21 heavy (non-hydrogen) atoms. The van der Waals surface area contributed by atoms with Gasteiger partial charge in [0.1, 0.15) is 0 Å². The van der Waals surface area contributed by atoms with E-state index in [0.717, 1.165) is 24.1 Å². The molecule has 1 amide bonds. The maximum absolute atomic E-state index is 12.2. The number of rotatable bonds is 7. The van der Waals surface area contributed by atoms with E-state index in [0.29, 0.717) is 12.3 Å². The molecule has 1 N–H and O–H groups in total. The van der Waals surface area contributed by atoms with Gasteiger partial charge in [0.2, 0.25) is 0 Å². The smallest absolute Gasteiger partial charge is 0.254 e. The van der Waals surface area contributed by atoms with Crippen molar-refractivity contribution in [2.75, 3.05) is 7.11 Å². The summed E-state index contributed by atoms with van der Waals surface area (Å²) in [7, 11) is 1.52. The molecule has 1 atom stereocenters. The van der Waals surface area contributed by atoms with Gasteiger partial charge >= 0.3 is 0 Å². The summed E-state index contributed by atoms with van der Waals surface area (Å²) in [6.45, 7) is 2.39. The summed E-state index contributed by atoms with van der Waals surface area (Å²) in [5.41, 5.74) is 1.73. The number of nitrogens with zero attached hydrogens (tertiary/aromatic N) is 1. The predicted molar refractivity (Wildman–Crippen MR) is 78.5 cm³/mol. The van der Waals surface area contributed by atoms with Crippen molar-refractivity contribution >= 4 is 5.91 Å². The minimum Gasteiger partial charge on any atom is -0.367 e. The Morgan fingerprint density at radius 3 is 2.81 bits per heavy atom. The number of hydrogen-bond donors (Lipinski definition) is 1. The molecule has 0 aliphatic carbocycles. The molecule has 0 bridgehead atoms. The number of ether oxygens (including phenoxy) is 1. The molecule has 1 aromatic heterocycles. The Bertz CT molecular complexity index is 566. The van der Waals surface area contributed by atoms with Crippen LogP contribution < -0.4 is 5.32 Å². The zero-order chi connectivity index (χ0) is 15.1. The topological polar surface area (TPSA) is 64.4 Å². The minimum atomic E-state index is -0.621. The number of nitrogens with one attached hydrogen (secondary N) is 1. The molecule has 5 heteroatoms. The average molecular weight is 288 g/mol. The molecule has 2 aromatic rings. The van der Waals surface area contributed by atoms with Crippen LogP contribution in [0.25, 0.3) is 0 Å². The number of benzene rings is 1. The monoisotopic (exact) mass is 288 g/mol. The highest BCUT2D eigenvalue weighted by Gasteiger charge is 2.19. The highest BCUT2D eigenvalue weighted by Crippen LogP contribution is 2.16. The van der Waals surface area contributed by atoms with Crippen molar-refractivity contribution in [1.82, 2.24) is 10.5 Å². The Kier molecular flexibility index (Phi) is 5.51. The van der Waals surface area contributed by atoms with Crippen LogP contribution in [0.2, 0.25) is 0 Å². The van der Waals surface area contributed by atoms with E-state index in [1.165, 1.54) is 7.11 Å². The molecule has 2 rings (SSSR count). The van der Waals surface area contributed by atoms with Crippen molar-refractivity contribution in [3.05, 3.63) is 53.4 Å². The predicted octanol–water partition coefficient (Wildman–Crippen LogP) is 2.63. The first-order chi connectivity index (χ1) is 10.2. The normalized spacial score (nSPS) is 12.1. The molecular weight excluding hydrogens is 268 g/mol. The van der Waals surface area contributed by atoms with Gasteiger partial charge in [0.15, 0.2) is 11.9 Å². The molecule has 0 saturated heterocycles. The van der Waals surface area contributed by atoms with Crippen LogP contribution in [0.1, 0.15) is 36.5 Å². The number of aromatic nitrogens is 1. The van der Waals surface area contributed by atoms with E-state index in [2.05, 4.69) is 17.4 Å². The third-order valence-corrected chi connectivity index (χ3v) is 3.13. The molecule has 0 unspecified atom stereocenters. The van der Waals surface area contributed by atoms with Gasteiger partial charge in [0.25, 0.3) is 5.91 Å². The van der Waals surface area contributed by atoms with Crippen molar-refractivity contribution in [2.24, 2.45) is 0 Å². The molecular formula is C16H20N2O3. The number of hydrogen-bond acceptors (Lipinski definition) is 4. The lowest BCUT2D eigenvalue weighted by Crippen LogP contribution is -2.29. The van der Waals surface area contributed by atoms with Crippen LogP contribution in [-0.2, 0) is 22.5 Å². The number of carbonyl (C=O) groups excluding carboxylic acids is 1. The first-order valence-corrected chi connectivity index (χ1v) is 7.04. The first-order valence-electron chi connectivity index (χ1n) is 7.04. The van der Waals surface area contributed by atoms with Crippen molar-refractivity contribution in [1.29, 1.82) is 0 Å². The quantitative estimate of drug-likeness (QED) is 0.850.